The molecule has 4 rings (SSSR count). The minimum atomic E-state index is 0.688. The number of fused-ring (bicyclic) bond motifs is 2. The molecule has 5 nitrogen and oxygen atoms in total. The fourth-order valence-electron chi connectivity index (χ4n) is 3.32. The smallest absolute Gasteiger partial charge is 0.180 e. The molecule has 1 aliphatic heterocycles. The predicted octanol–water partition coefficient (Wildman–Crippen LogP) is 3.08. The standard InChI is InChI=1S/C16H19N5S/c1-19-12-7-4-5-8-13(12)21(16(19)22)11-15-18-17-14-9-3-2-6-10-20(14)15/h4-5,7-8H,2-3,6,9-11H2,1H3. The number of hydrogen-bond acceptors (Lipinski definition) is 3. The van der Waals surface area contributed by atoms with Crippen LogP contribution in [0.25, 0.3) is 11.0 Å². The van der Waals surface area contributed by atoms with E-state index in [1.165, 1.54) is 19.3 Å². The van der Waals surface area contributed by atoms with E-state index in [1.54, 1.807) is 0 Å². The Morgan fingerprint density at radius 1 is 1.09 bits per heavy atom. The number of hydrogen-bond donors (Lipinski definition) is 0. The molecule has 2 aromatic heterocycles. The maximum atomic E-state index is 5.62. The quantitative estimate of drug-likeness (QED) is 0.683. The Hall–Kier alpha value is -1.95. The van der Waals surface area contributed by atoms with E-state index in [0.717, 1.165) is 40.4 Å². The van der Waals surface area contributed by atoms with Crippen molar-refractivity contribution in [2.45, 2.75) is 38.8 Å². The highest BCUT2D eigenvalue weighted by atomic mass is 32.1. The molecule has 6 heteroatoms. The summed E-state index contributed by atoms with van der Waals surface area (Å²) in [4.78, 5) is 0. The lowest BCUT2D eigenvalue weighted by Crippen LogP contribution is -2.10. The molecular formula is C16H19N5S. The van der Waals surface area contributed by atoms with Crippen molar-refractivity contribution in [2.24, 2.45) is 7.05 Å². The van der Waals surface area contributed by atoms with Gasteiger partial charge < -0.3 is 13.7 Å². The second-order valence-electron chi connectivity index (χ2n) is 5.91. The monoisotopic (exact) mass is 313 g/mol. The molecule has 0 amide bonds. The van der Waals surface area contributed by atoms with Crippen LogP contribution in [-0.4, -0.2) is 23.9 Å². The van der Waals surface area contributed by atoms with Gasteiger partial charge in [0, 0.05) is 20.0 Å². The first-order chi connectivity index (χ1) is 10.8. The summed E-state index contributed by atoms with van der Waals surface area (Å²) in [5.74, 6) is 2.14. The van der Waals surface area contributed by atoms with Gasteiger partial charge >= 0.3 is 0 Å². The molecular weight excluding hydrogens is 294 g/mol. The van der Waals surface area contributed by atoms with E-state index in [2.05, 4.69) is 42.1 Å². The van der Waals surface area contributed by atoms with Crippen molar-refractivity contribution in [2.75, 3.05) is 0 Å². The number of nitrogens with zero attached hydrogens (tertiary/aromatic N) is 5. The minimum absolute atomic E-state index is 0.688. The number of benzene rings is 1. The van der Waals surface area contributed by atoms with Gasteiger partial charge in [0.05, 0.1) is 17.6 Å². The third kappa shape index (κ3) is 2.09. The molecule has 0 fully saturated rings. The Balaban J connectivity index is 1.81. The van der Waals surface area contributed by atoms with Gasteiger partial charge in [-0.15, -0.1) is 10.2 Å². The Morgan fingerprint density at radius 3 is 2.77 bits per heavy atom. The van der Waals surface area contributed by atoms with Gasteiger partial charge in [0.15, 0.2) is 10.6 Å². The number of aryl methyl sites for hydroxylation is 2. The van der Waals surface area contributed by atoms with Crippen LogP contribution >= 0.6 is 12.2 Å². The summed E-state index contributed by atoms with van der Waals surface area (Å²) < 4.78 is 7.33. The zero-order valence-corrected chi connectivity index (χ0v) is 13.5. The van der Waals surface area contributed by atoms with Gasteiger partial charge in [-0.3, -0.25) is 0 Å². The zero-order valence-electron chi connectivity index (χ0n) is 12.7. The Bertz CT molecular complexity index is 886. The van der Waals surface area contributed by atoms with Crippen LogP contribution in [0.1, 0.15) is 30.9 Å². The molecule has 0 saturated carbocycles. The van der Waals surface area contributed by atoms with Gasteiger partial charge in [-0.2, -0.15) is 0 Å². The van der Waals surface area contributed by atoms with Crippen molar-refractivity contribution in [3.8, 4) is 0 Å². The molecule has 1 aromatic carbocycles. The van der Waals surface area contributed by atoms with E-state index in [-0.39, 0.29) is 0 Å². The number of imidazole rings is 1. The summed E-state index contributed by atoms with van der Waals surface area (Å²) in [6, 6.07) is 8.32. The van der Waals surface area contributed by atoms with E-state index in [0.29, 0.717) is 6.54 Å². The normalized spacial score (nSPS) is 15.0. The van der Waals surface area contributed by atoms with E-state index in [4.69, 9.17) is 12.2 Å². The summed E-state index contributed by atoms with van der Waals surface area (Å²) in [7, 11) is 2.02. The highest BCUT2D eigenvalue weighted by Gasteiger charge is 2.16. The molecule has 0 bridgehead atoms. The SMILES string of the molecule is Cn1c(=S)n(Cc2nnc3n2CCCCC3)c2ccccc21. The van der Waals surface area contributed by atoms with Gasteiger partial charge in [-0.05, 0) is 37.2 Å². The van der Waals surface area contributed by atoms with Crippen molar-refractivity contribution in [3.63, 3.8) is 0 Å². The third-order valence-corrected chi connectivity index (χ3v) is 5.03. The van der Waals surface area contributed by atoms with Crippen LogP contribution in [-0.2, 0) is 26.6 Å². The summed E-state index contributed by atoms with van der Waals surface area (Å²) in [5.41, 5.74) is 2.31. The molecule has 0 N–H and O–H groups in total. The first-order valence-electron chi connectivity index (χ1n) is 7.81. The largest absolute Gasteiger partial charge is 0.320 e. The van der Waals surface area contributed by atoms with Gasteiger partial charge in [0.2, 0.25) is 0 Å². The fourth-order valence-corrected chi connectivity index (χ4v) is 3.58. The lowest BCUT2D eigenvalue weighted by molar-refractivity contribution is 0.588. The van der Waals surface area contributed by atoms with Crippen LogP contribution in [0.15, 0.2) is 24.3 Å². The van der Waals surface area contributed by atoms with Gasteiger partial charge in [0.25, 0.3) is 0 Å². The average molecular weight is 313 g/mol. The van der Waals surface area contributed by atoms with E-state index in [1.807, 2.05) is 13.1 Å². The van der Waals surface area contributed by atoms with E-state index in [9.17, 15) is 0 Å². The molecule has 3 heterocycles. The molecule has 0 atom stereocenters. The average Bonchev–Trinajstić information content (AvgIpc) is 2.91. The zero-order chi connectivity index (χ0) is 15.1. The van der Waals surface area contributed by atoms with Crippen molar-refractivity contribution < 1.29 is 0 Å². The highest BCUT2D eigenvalue weighted by molar-refractivity contribution is 7.71. The number of para-hydroxylation sites is 2. The molecule has 1 aliphatic rings. The van der Waals surface area contributed by atoms with Crippen LogP contribution in [0.3, 0.4) is 0 Å². The second-order valence-corrected chi connectivity index (χ2v) is 6.28. The van der Waals surface area contributed by atoms with Crippen LogP contribution in [0.4, 0.5) is 0 Å². The Kier molecular flexibility index (Phi) is 3.33. The maximum absolute atomic E-state index is 5.62. The minimum Gasteiger partial charge on any atom is -0.320 e. The van der Waals surface area contributed by atoms with Crippen molar-refractivity contribution >= 4 is 23.3 Å². The molecule has 3 aromatic rings. The van der Waals surface area contributed by atoms with Crippen molar-refractivity contribution in [1.82, 2.24) is 23.9 Å². The summed E-state index contributed by atoms with van der Waals surface area (Å²) in [6.45, 7) is 1.71. The molecule has 0 radical (unpaired) electrons. The lowest BCUT2D eigenvalue weighted by atomic mass is 10.2. The highest BCUT2D eigenvalue weighted by Crippen LogP contribution is 2.20. The summed E-state index contributed by atoms with van der Waals surface area (Å²) in [6.07, 6.45) is 4.73. The first kappa shape index (κ1) is 13.7. The Labute approximate surface area is 134 Å². The lowest BCUT2D eigenvalue weighted by Gasteiger charge is -2.08. The van der Waals surface area contributed by atoms with E-state index < -0.39 is 0 Å². The number of aromatic nitrogens is 5. The summed E-state index contributed by atoms with van der Waals surface area (Å²) in [5, 5.41) is 8.82. The van der Waals surface area contributed by atoms with Gasteiger partial charge in [-0.1, -0.05) is 18.6 Å². The molecule has 0 spiro atoms. The van der Waals surface area contributed by atoms with Crippen molar-refractivity contribution in [1.29, 1.82) is 0 Å². The molecule has 114 valence electrons. The molecule has 22 heavy (non-hydrogen) atoms. The van der Waals surface area contributed by atoms with Crippen LogP contribution < -0.4 is 0 Å². The van der Waals surface area contributed by atoms with Crippen LogP contribution in [0.5, 0.6) is 0 Å². The summed E-state index contributed by atoms with van der Waals surface area (Å²) >= 11 is 5.62. The fraction of sp³-hybridized carbons (Fsp3) is 0.438. The van der Waals surface area contributed by atoms with Crippen LogP contribution in [0.2, 0.25) is 0 Å². The van der Waals surface area contributed by atoms with Gasteiger partial charge in [-0.25, -0.2) is 0 Å². The molecule has 0 aliphatic carbocycles. The topological polar surface area (TPSA) is 40.6 Å². The van der Waals surface area contributed by atoms with Crippen molar-refractivity contribution in [3.05, 3.63) is 40.7 Å². The third-order valence-electron chi connectivity index (χ3n) is 4.54. The second kappa shape index (κ2) is 5.35. The molecule has 0 unspecified atom stereocenters. The Morgan fingerprint density at radius 2 is 1.91 bits per heavy atom. The number of rotatable bonds is 2. The van der Waals surface area contributed by atoms with E-state index >= 15 is 0 Å². The predicted molar refractivity (Wildman–Crippen MR) is 88.4 cm³/mol. The maximum Gasteiger partial charge on any atom is 0.180 e. The van der Waals surface area contributed by atoms with Crippen LogP contribution in [0, 0.1) is 4.77 Å². The first-order valence-corrected chi connectivity index (χ1v) is 8.22. The molecule has 0 saturated heterocycles. The van der Waals surface area contributed by atoms with Gasteiger partial charge in [0.1, 0.15) is 5.82 Å².